The normalized spacial score (nSPS) is 16.4. The minimum Gasteiger partial charge on any atom is -0.504 e. The summed E-state index contributed by atoms with van der Waals surface area (Å²) < 4.78 is 0. The molecule has 0 saturated heterocycles. The van der Waals surface area contributed by atoms with Crippen LogP contribution in [0.2, 0.25) is 0 Å². The van der Waals surface area contributed by atoms with Gasteiger partial charge in [0.05, 0.1) is 6.61 Å². The molecule has 0 aliphatic heterocycles. The quantitative estimate of drug-likeness (QED) is 0.236. The number of nitrogens with one attached hydrogen (secondary N) is 1. The molecule has 0 heterocycles. The van der Waals surface area contributed by atoms with Gasteiger partial charge in [0.15, 0.2) is 17.6 Å². The molecule has 0 unspecified atom stereocenters. The predicted octanol–water partition coefficient (Wildman–Crippen LogP) is -2.81. The Balaban J connectivity index is 2.47. The highest BCUT2D eigenvalue weighted by Gasteiger charge is 2.33. The van der Waals surface area contributed by atoms with Crippen LogP contribution in [0.25, 0.3) is 0 Å². The maximum atomic E-state index is 11.6. The van der Waals surface area contributed by atoms with E-state index in [0.717, 1.165) is 0 Å². The number of amides is 1. The summed E-state index contributed by atoms with van der Waals surface area (Å²) in [6.45, 7) is -0.775. The lowest BCUT2D eigenvalue weighted by molar-refractivity contribution is -0.148. The van der Waals surface area contributed by atoms with Crippen LogP contribution in [0.3, 0.4) is 0 Å². The topological polar surface area (TPSA) is 171 Å². The number of aliphatic hydroxyl groups is 5. The predicted molar refractivity (Wildman–Crippen MR) is 77.6 cm³/mol. The van der Waals surface area contributed by atoms with Gasteiger partial charge in [-0.15, -0.1) is 0 Å². The van der Waals surface area contributed by atoms with E-state index in [9.17, 15) is 25.2 Å². The number of carbonyl (C=O) groups excluding carboxylic acids is 1. The summed E-state index contributed by atoms with van der Waals surface area (Å²) >= 11 is 0. The van der Waals surface area contributed by atoms with Gasteiger partial charge in [0.2, 0.25) is 0 Å². The van der Waals surface area contributed by atoms with E-state index < -0.39 is 36.9 Å². The Morgan fingerprint density at radius 1 is 1.04 bits per heavy atom. The third-order valence-corrected chi connectivity index (χ3v) is 3.28. The van der Waals surface area contributed by atoms with Crippen molar-refractivity contribution in [1.29, 1.82) is 0 Å². The van der Waals surface area contributed by atoms with E-state index >= 15 is 0 Å². The Bertz CT molecular complexity index is 523. The van der Waals surface area contributed by atoms with Crippen LogP contribution in [0.1, 0.15) is 5.56 Å². The minimum atomic E-state index is -1.99. The first-order chi connectivity index (χ1) is 10.8. The fraction of sp³-hybridized carbons (Fsp3) is 0.500. The average Bonchev–Trinajstić information content (AvgIpc) is 2.55. The maximum Gasteiger partial charge on any atom is 0.251 e. The van der Waals surface area contributed by atoms with Gasteiger partial charge in [0.25, 0.3) is 5.91 Å². The molecule has 0 aliphatic rings. The van der Waals surface area contributed by atoms with Crippen molar-refractivity contribution in [3.63, 3.8) is 0 Å². The van der Waals surface area contributed by atoms with Gasteiger partial charge in [-0.05, 0) is 24.1 Å². The summed E-state index contributed by atoms with van der Waals surface area (Å²) in [4.78, 5) is 11.6. The van der Waals surface area contributed by atoms with Crippen molar-refractivity contribution >= 4 is 5.91 Å². The van der Waals surface area contributed by atoms with Crippen molar-refractivity contribution in [1.82, 2.24) is 5.32 Å². The first-order valence-corrected chi connectivity index (χ1v) is 6.89. The van der Waals surface area contributed by atoms with Crippen LogP contribution in [-0.4, -0.2) is 79.2 Å². The van der Waals surface area contributed by atoms with Gasteiger partial charge in [0, 0.05) is 6.54 Å². The van der Waals surface area contributed by atoms with Crippen LogP contribution >= 0.6 is 0 Å². The molecule has 23 heavy (non-hydrogen) atoms. The number of phenolic OH excluding ortho intramolecular Hbond substituents is 2. The Hall–Kier alpha value is -1.91. The SMILES string of the molecule is O=C(NCCc1ccc(O)c(O)c1)[C@H](O)[C@H](O)[C@H](O)[C@@H](O)CO. The Morgan fingerprint density at radius 3 is 2.26 bits per heavy atom. The zero-order valence-corrected chi connectivity index (χ0v) is 12.2. The van der Waals surface area contributed by atoms with Gasteiger partial charge >= 0.3 is 0 Å². The molecule has 0 fully saturated rings. The molecule has 0 aliphatic carbocycles. The number of aromatic hydroxyl groups is 2. The summed E-state index contributed by atoms with van der Waals surface area (Å²) in [6.07, 6.45) is -7.24. The zero-order valence-electron chi connectivity index (χ0n) is 12.2. The van der Waals surface area contributed by atoms with Gasteiger partial charge < -0.3 is 41.1 Å². The second-order valence-electron chi connectivity index (χ2n) is 5.04. The number of aliphatic hydroxyl groups excluding tert-OH is 5. The fourth-order valence-electron chi connectivity index (χ4n) is 1.84. The first-order valence-electron chi connectivity index (χ1n) is 6.89. The molecule has 9 heteroatoms. The lowest BCUT2D eigenvalue weighted by atomic mass is 10.0. The molecule has 4 atom stereocenters. The molecule has 1 aromatic carbocycles. The summed E-state index contributed by atoms with van der Waals surface area (Å²) in [5, 5.41) is 67.1. The zero-order chi connectivity index (χ0) is 17.6. The molecule has 0 aromatic heterocycles. The lowest BCUT2D eigenvalue weighted by Gasteiger charge is -2.24. The van der Waals surface area contributed by atoms with Crippen molar-refractivity contribution in [3.05, 3.63) is 23.8 Å². The van der Waals surface area contributed by atoms with Gasteiger partial charge in [-0.2, -0.15) is 0 Å². The van der Waals surface area contributed by atoms with Crippen molar-refractivity contribution in [2.24, 2.45) is 0 Å². The van der Waals surface area contributed by atoms with Crippen molar-refractivity contribution < 1.29 is 40.5 Å². The van der Waals surface area contributed by atoms with Crippen LogP contribution in [0.5, 0.6) is 11.5 Å². The van der Waals surface area contributed by atoms with Crippen molar-refractivity contribution in [3.8, 4) is 11.5 Å². The molecule has 0 spiro atoms. The van der Waals surface area contributed by atoms with E-state index in [1.165, 1.54) is 18.2 Å². The average molecular weight is 331 g/mol. The summed E-state index contributed by atoms with van der Waals surface area (Å²) in [5.41, 5.74) is 0.617. The Labute approximate surface area is 132 Å². The van der Waals surface area contributed by atoms with Crippen LogP contribution in [0.15, 0.2) is 18.2 Å². The summed E-state index contributed by atoms with van der Waals surface area (Å²) in [7, 11) is 0. The number of rotatable bonds is 8. The van der Waals surface area contributed by atoms with Crippen LogP contribution in [0, 0.1) is 0 Å². The first kappa shape index (κ1) is 19.1. The number of benzene rings is 1. The van der Waals surface area contributed by atoms with E-state index in [4.69, 9.17) is 15.3 Å². The highest BCUT2D eigenvalue weighted by atomic mass is 16.4. The van der Waals surface area contributed by atoms with Crippen LogP contribution < -0.4 is 5.32 Å². The molecule has 130 valence electrons. The maximum absolute atomic E-state index is 11.6. The summed E-state index contributed by atoms with van der Waals surface area (Å²) in [6, 6.07) is 4.14. The number of hydrogen-bond donors (Lipinski definition) is 8. The van der Waals surface area contributed by atoms with Gasteiger partial charge in [-0.25, -0.2) is 0 Å². The fourth-order valence-corrected chi connectivity index (χ4v) is 1.84. The van der Waals surface area contributed by atoms with Crippen molar-refractivity contribution in [2.75, 3.05) is 13.2 Å². The summed E-state index contributed by atoms with van der Waals surface area (Å²) in [5.74, 6) is -1.54. The number of carbonyl (C=O) groups is 1. The van der Waals surface area contributed by atoms with E-state index in [1.54, 1.807) is 0 Å². The highest BCUT2D eigenvalue weighted by Crippen LogP contribution is 2.24. The third kappa shape index (κ3) is 5.34. The van der Waals surface area contributed by atoms with E-state index in [2.05, 4.69) is 5.32 Å². The third-order valence-electron chi connectivity index (χ3n) is 3.28. The molecule has 1 aromatic rings. The van der Waals surface area contributed by atoms with Gasteiger partial charge in [-0.1, -0.05) is 6.07 Å². The molecular formula is C14H21NO8. The minimum absolute atomic E-state index is 0.0610. The molecule has 0 radical (unpaired) electrons. The second kappa shape index (κ2) is 8.65. The molecule has 1 amide bonds. The van der Waals surface area contributed by atoms with Gasteiger partial charge in [0.1, 0.15) is 18.3 Å². The van der Waals surface area contributed by atoms with E-state index in [0.29, 0.717) is 5.56 Å². The lowest BCUT2D eigenvalue weighted by Crippen LogP contribution is -2.51. The molecule has 1 rings (SSSR count). The standard InChI is InChI=1S/C14H21NO8/c16-6-10(19)11(20)12(21)13(22)14(23)15-4-3-7-1-2-8(17)9(18)5-7/h1-2,5,10-13,16-22H,3-4,6H2,(H,15,23)/t10-,11+,12+,13+/m0/s1. The van der Waals surface area contributed by atoms with E-state index in [1.807, 2.05) is 0 Å². The Morgan fingerprint density at radius 2 is 1.70 bits per heavy atom. The second-order valence-corrected chi connectivity index (χ2v) is 5.04. The molecule has 9 nitrogen and oxygen atoms in total. The number of hydrogen-bond acceptors (Lipinski definition) is 8. The Kier molecular flexibility index (Phi) is 7.20. The molecule has 8 N–H and O–H groups in total. The molecule has 0 saturated carbocycles. The highest BCUT2D eigenvalue weighted by molar-refractivity contribution is 5.81. The van der Waals surface area contributed by atoms with Crippen LogP contribution in [-0.2, 0) is 11.2 Å². The van der Waals surface area contributed by atoms with Crippen LogP contribution in [0.4, 0.5) is 0 Å². The number of phenols is 2. The molecular weight excluding hydrogens is 310 g/mol. The van der Waals surface area contributed by atoms with Crippen molar-refractivity contribution in [2.45, 2.75) is 30.8 Å². The smallest absolute Gasteiger partial charge is 0.251 e. The largest absolute Gasteiger partial charge is 0.504 e. The monoisotopic (exact) mass is 331 g/mol. The van der Waals surface area contributed by atoms with Gasteiger partial charge in [-0.3, -0.25) is 4.79 Å². The molecule has 0 bridgehead atoms. The van der Waals surface area contributed by atoms with E-state index in [-0.39, 0.29) is 24.5 Å².